The summed E-state index contributed by atoms with van der Waals surface area (Å²) in [5.74, 6) is 0. The van der Waals surface area contributed by atoms with Crippen molar-refractivity contribution in [1.29, 1.82) is 0 Å². The monoisotopic (exact) mass is 274 g/mol. The van der Waals surface area contributed by atoms with E-state index in [1.165, 1.54) is 37.9 Å². The van der Waals surface area contributed by atoms with E-state index in [0.29, 0.717) is 0 Å². The minimum Gasteiger partial charge on any atom is -0.130 e. The minimum absolute atomic E-state index is 1.28. The van der Waals surface area contributed by atoms with Crippen LogP contribution in [0.5, 0.6) is 0 Å². The van der Waals surface area contributed by atoms with Gasteiger partial charge in [0, 0.05) is 4.90 Å². The summed E-state index contributed by atoms with van der Waals surface area (Å²) in [7, 11) is 0. The van der Waals surface area contributed by atoms with Gasteiger partial charge < -0.3 is 0 Å². The Labute approximate surface area is 123 Å². The van der Waals surface area contributed by atoms with Crippen LogP contribution in [0.3, 0.4) is 0 Å². The van der Waals surface area contributed by atoms with E-state index >= 15 is 0 Å². The van der Waals surface area contributed by atoms with Gasteiger partial charge in [-0.05, 0) is 69.6 Å². The molecule has 0 atom stereocenters. The lowest BCUT2D eigenvalue weighted by atomic mass is 10.1. The highest BCUT2D eigenvalue weighted by Crippen LogP contribution is 2.45. The molecular weight excluding hydrogens is 260 g/mol. The predicted molar refractivity (Wildman–Crippen MR) is 89.1 cm³/mol. The lowest BCUT2D eigenvalue weighted by Crippen LogP contribution is -1.72. The second kappa shape index (κ2) is 4.53. The molecule has 0 unspecified atom stereocenters. The first kappa shape index (κ1) is 11.8. The summed E-state index contributed by atoms with van der Waals surface area (Å²) in [5, 5.41) is 2.65. The maximum absolute atomic E-state index is 2.30. The van der Waals surface area contributed by atoms with Crippen LogP contribution in [-0.4, -0.2) is 6.26 Å². The Morgan fingerprint density at radius 2 is 1.40 bits per heavy atom. The molecule has 0 saturated heterocycles. The van der Waals surface area contributed by atoms with E-state index in [0.717, 1.165) is 0 Å². The van der Waals surface area contributed by atoms with Gasteiger partial charge in [0.15, 0.2) is 0 Å². The second-order valence-corrected chi connectivity index (χ2v) is 5.96. The van der Waals surface area contributed by atoms with Gasteiger partial charge in [0.1, 0.15) is 0 Å². The number of thioether (sulfide) groups is 1. The molecule has 0 fully saturated rings. The topological polar surface area (TPSA) is 0 Å². The molecule has 0 spiro atoms. The first-order chi connectivity index (χ1) is 9.85. The molecule has 0 radical (unpaired) electrons. The average molecular weight is 274 g/mol. The van der Waals surface area contributed by atoms with Crippen molar-refractivity contribution in [3.63, 3.8) is 0 Å². The Morgan fingerprint density at radius 1 is 0.800 bits per heavy atom. The van der Waals surface area contributed by atoms with Crippen LogP contribution in [0.4, 0.5) is 0 Å². The van der Waals surface area contributed by atoms with E-state index in [4.69, 9.17) is 0 Å². The zero-order chi connectivity index (χ0) is 13.5. The summed E-state index contributed by atoms with van der Waals surface area (Å²) >= 11 is 1.78. The van der Waals surface area contributed by atoms with Crippen LogP contribution >= 0.6 is 11.8 Å². The van der Waals surface area contributed by atoms with E-state index in [2.05, 4.69) is 73.0 Å². The molecule has 1 aliphatic rings. The number of hydrogen-bond acceptors (Lipinski definition) is 1. The Morgan fingerprint density at radius 3 is 1.95 bits per heavy atom. The Balaban J connectivity index is 1.72. The van der Waals surface area contributed by atoms with E-state index in [1.54, 1.807) is 11.8 Å². The lowest BCUT2D eigenvalue weighted by Gasteiger charge is -1.96. The molecule has 0 saturated carbocycles. The molecule has 3 aromatic carbocycles. The van der Waals surface area contributed by atoms with Crippen molar-refractivity contribution in [2.45, 2.75) is 4.90 Å². The van der Waals surface area contributed by atoms with Crippen LogP contribution in [0, 0.1) is 0 Å². The number of hydrogen-bond donors (Lipinski definition) is 0. The van der Waals surface area contributed by atoms with Crippen LogP contribution in [0.1, 0.15) is 16.7 Å². The van der Waals surface area contributed by atoms with Crippen LogP contribution in [0.15, 0.2) is 65.6 Å². The summed E-state index contributed by atoms with van der Waals surface area (Å²) in [6, 6.07) is 21.9. The predicted octanol–water partition coefficient (Wildman–Crippen LogP) is 5.46. The van der Waals surface area contributed by atoms with Crippen molar-refractivity contribution in [3.05, 3.63) is 77.4 Å². The van der Waals surface area contributed by atoms with Crippen molar-refractivity contribution in [2.24, 2.45) is 0 Å². The van der Waals surface area contributed by atoms with Crippen molar-refractivity contribution in [2.75, 3.05) is 6.26 Å². The fraction of sp³-hybridized carbons (Fsp3) is 0.0526. The van der Waals surface area contributed by atoms with Crippen LogP contribution in [0.25, 0.3) is 22.4 Å². The fourth-order valence-electron chi connectivity index (χ4n) is 2.65. The zero-order valence-corrected chi connectivity index (χ0v) is 12.1. The highest BCUT2D eigenvalue weighted by Gasteiger charge is 2.24. The third kappa shape index (κ3) is 1.95. The smallest absolute Gasteiger partial charge is 0.00695 e. The zero-order valence-electron chi connectivity index (χ0n) is 11.3. The van der Waals surface area contributed by atoms with Crippen LogP contribution in [-0.2, 0) is 0 Å². The molecule has 96 valence electrons. The largest absolute Gasteiger partial charge is 0.130 e. The molecule has 0 bridgehead atoms. The second-order valence-electron chi connectivity index (χ2n) is 5.08. The van der Waals surface area contributed by atoms with E-state index < -0.39 is 0 Å². The quantitative estimate of drug-likeness (QED) is 0.437. The molecule has 0 N–H and O–H groups in total. The molecule has 0 nitrogen and oxygen atoms in total. The third-order valence-corrected chi connectivity index (χ3v) is 4.57. The van der Waals surface area contributed by atoms with Gasteiger partial charge in [0.05, 0.1) is 0 Å². The number of fused-ring (bicyclic) bond motifs is 2. The van der Waals surface area contributed by atoms with Gasteiger partial charge in [0.25, 0.3) is 0 Å². The van der Waals surface area contributed by atoms with Gasteiger partial charge in [-0.15, -0.1) is 11.8 Å². The van der Waals surface area contributed by atoms with Crippen LogP contribution < -0.4 is 0 Å². The van der Waals surface area contributed by atoms with Crippen molar-refractivity contribution in [1.82, 2.24) is 0 Å². The van der Waals surface area contributed by atoms with E-state index in [9.17, 15) is 0 Å². The van der Waals surface area contributed by atoms with Crippen molar-refractivity contribution in [3.8, 4) is 0 Å². The van der Waals surface area contributed by atoms with Gasteiger partial charge in [-0.1, -0.05) is 36.4 Å². The molecule has 0 aromatic heterocycles. The normalized spacial score (nSPS) is 12.3. The molecule has 0 aliphatic heterocycles. The molecule has 0 amide bonds. The Bertz CT molecular complexity index is 782. The van der Waals surface area contributed by atoms with E-state index in [1.807, 2.05) is 0 Å². The average Bonchev–Trinajstić information content (AvgIpc) is 3.17. The fourth-order valence-corrected chi connectivity index (χ4v) is 3.06. The lowest BCUT2D eigenvalue weighted by molar-refractivity contribution is 1.45. The Hall–Kier alpha value is -1.99. The standard InChI is InChI=1S/C19H14S/c1-20-16-8-6-13(7-9-16)10-17-18-11-14-4-2-3-5-15(14)12-19(17)18/h2-12H,1H3. The van der Waals surface area contributed by atoms with Gasteiger partial charge in [-0.2, -0.15) is 0 Å². The maximum atomic E-state index is 2.30. The summed E-state index contributed by atoms with van der Waals surface area (Å²) in [5.41, 5.74) is 5.46. The molecule has 20 heavy (non-hydrogen) atoms. The highest BCUT2D eigenvalue weighted by atomic mass is 32.2. The van der Waals surface area contributed by atoms with Gasteiger partial charge in [-0.3, -0.25) is 0 Å². The summed E-state index contributed by atoms with van der Waals surface area (Å²) < 4.78 is 0. The van der Waals surface area contributed by atoms with Crippen LogP contribution in [0.2, 0.25) is 0 Å². The molecule has 1 heteroatoms. The van der Waals surface area contributed by atoms with Gasteiger partial charge in [0.2, 0.25) is 0 Å². The highest BCUT2D eigenvalue weighted by molar-refractivity contribution is 7.98. The third-order valence-electron chi connectivity index (χ3n) is 3.83. The first-order valence-corrected chi connectivity index (χ1v) is 7.97. The summed E-state index contributed by atoms with van der Waals surface area (Å²) in [6.45, 7) is 0. The molecule has 1 aliphatic carbocycles. The summed E-state index contributed by atoms with van der Waals surface area (Å²) in [6.07, 6.45) is 4.39. The van der Waals surface area contributed by atoms with E-state index in [-0.39, 0.29) is 0 Å². The molecule has 0 heterocycles. The molecule has 4 rings (SSSR count). The summed E-state index contributed by atoms with van der Waals surface area (Å²) in [4.78, 5) is 1.31. The Kier molecular flexibility index (Phi) is 2.68. The maximum Gasteiger partial charge on any atom is 0.00695 e. The molecule has 3 aromatic rings. The minimum atomic E-state index is 1.28. The van der Waals surface area contributed by atoms with Gasteiger partial charge >= 0.3 is 0 Å². The van der Waals surface area contributed by atoms with Crippen molar-refractivity contribution >= 4 is 34.2 Å². The first-order valence-electron chi connectivity index (χ1n) is 6.74. The SMILES string of the molecule is CSc1ccc(C=C2c3cc4ccccc4cc32)cc1. The van der Waals surface area contributed by atoms with Gasteiger partial charge in [-0.25, -0.2) is 0 Å². The number of rotatable bonds is 2. The number of benzene rings is 3. The molecular formula is C19H14S. The van der Waals surface area contributed by atoms with Crippen molar-refractivity contribution < 1.29 is 0 Å².